The fourth-order valence-corrected chi connectivity index (χ4v) is 3.05. The maximum Gasteiger partial charge on any atom is 0.124 e. The van der Waals surface area contributed by atoms with Gasteiger partial charge in [-0.25, -0.2) is 4.98 Å². The van der Waals surface area contributed by atoms with Crippen LogP contribution in [0.5, 0.6) is 0 Å². The zero-order chi connectivity index (χ0) is 15.2. The molecular formula is C17H24Cl2N2. The summed E-state index contributed by atoms with van der Waals surface area (Å²) in [5.41, 5.74) is 2.08. The molecule has 21 heavy (non-hydrogen) atoms. The van der Waals surface area contributed by atoms with Gasteiger partial charge in [0.15, 0.2) is 0 Å². The van der Waals surface area contributed by atoms with Crippen LogP contribution in [0.2, 0.25) is 5.02 Å². The van der Waals surface area contributed by atoms with E-state index in [4.69, 9.17) is 23.2 Å². The largest absolute Gasteiger partial charge is 0.327 e. The van der Waals surface area contributed by atoms with Crippen LogP contribution < -0.4 is 0 Å². The summed E-state index contributed by atoms with van der Waals surface area (Å²) >= 11 is 12.1. The Balaban J connectivity index is 1.94. The Morgan fingerprint density at radius 1 is 1.14 bits per heavy atom. The number of alkyl halides is 1. The average molecular weight is 327 g/mol. The second-order valence-corrected chi connectivity index (χ2v) is 6.75. The second-order valence-electron chi connectivity index (χ2n) is 6.04. The molecule has 0 atom stereocenters. The number of rotatable bonds is 8. The van der Waals surface area contributed by atoms with Gasteiger partial charge in [0.05, 0.1) is 16.9 Å². The average Bonchev–Trinajstić information content (AvgIpc) is 2.79. The highest BCUT2D eigenvalue weighted by molar-refractivity contribution is 6.31. The molecular weight excluding hydrogens is 303 g/mol. The smallest absolute Gasteiger partial charge is 0.124 e. The number of fused-ring (bicyclic) bond motifs is 1. The molecule has 0 saturated carbocycles. The van der Waals surface area contributed by atoms with Gasteiger partial charge < -0.3 is 4.57 Å². The first kappa shape index (κ1) is 16.6. The van der Waals surface area contributed by atoms with Crippen molar-refractivity contribution in [3.8, 4) is 0 Å². The first-order valence-corrected chi connectivity index (χ1v) is 8.73. The highest BCUT2D eigenvalue weighted by Crippen LogP contribution is 2.22. The molecule has 0 unspecified atom stereocenters. The van der Waals surface area contributed by atoms with E-state index in [9.17, 15) is 0 Å². The Bertz CT molecular complexity index is 575. The van der Waals surface area contributed by atoms with Crippen molar-refractivity contribution >= 4 is 34.2 Å². The van der Waals surface area contributed by atoms with Gasteiger partial charge in [0.2, 0.25) is 0 Å². The molecule has 0 aliphatic carbocycles. The SMILES string of the molecule is CC(C)CCCCCCn1c(CCl)nc2cc(Cl)ccc21. The Labute approximate surface area is 137 Å². The number of halogens is 2. The number of imidazole rings is 1. The first-order valence-electron chi connectivity index (χ1n) is 7.82. The van der Waals surface area contributed by atoms with Crippen LogP contribution in [0.4, 0.5) is 0 Å². The number of unbranched alkanes of at least 4 members (excludes halogenated alkanes) is 3. The van der Waals surface area contributed by atoms with Crippen LogP contribution in [0, 0.1) is 5.92 Å². The van der Waals surface area contributed by atoms with Crippen LogP contribution in [-0.2, 0) is 12.4 Å². The quantitative estimate of drug-likeness (QED) is 0.427. The Hall–Kier alpha value is -0.730. The number of nitrogens with zero attached hydrogens (tertiary/aromatic N) is 2. The first-order chi connectivity index (χ1) is 10.1. The molecule has 2 aromatic rings. The van der Waals surface area contributed by atoms with E-state index in [0.29, 0.717) is 5.88 Å². The predicted octanol–water partition coefficient (Wildman–Crippen LogP) is 6.04. The summed E-state index contributed by atoms with van der Waals surface area (Å²) in [6.45, 7) is 5.56. The van der Waals surface area contributed by atoms with Crippen molar-refractivity contribution in [3.05, 3.63) is 29.0 Å². The van der Waals surface area contributed by atoms with Gasteiger partial charge in [0.25, 0.3) is 0 Å². The lowest BCUT2D eigenvalue weighted by molar-refractivity contribution is 0.505. The van der Waals surface area contributed by atoms with E-state index in [2.05, 4.69) is 23.4 Å². The number of hydrogen-bond donors (Lipinski definition) is 0. The minimum absolute atomic E-state index is 0.444. The monoisotopic (exact) mass is 326 g/mol. The van der Waals surface area contributed by atoms with Crippen LogP contribution in [0.15, 0.2) is 18.2 Å². The Kier molecular flexibility index (Phi) is 6.38. The third kappa shape index (κ3) is 4.62. The van der Waals surface area contributed by atoms with E-state index in [1.54, 1.807) is 0 Å². The van der Waals surface area contributed by atoms with Crippen LogP contribution in [-0.4, -0.2) is 9.55 Å². The van der Waals surface area contributed by atoms with Crippen molar-refractivity contribution in [2.24, 2.45) is 5.92 Å². The maximum atomic E-state index is 6.03. The van der Waals surface area contributed by atoms with Gasteiger partial charge in [-0.15, -0.1) is 11.6 Å². The molecule has 0 radical (unpaired) electrons. The van der Waals surface area contributed by atoms with Gasteiger partial charge in [-0.1, -0.05) is 51.1 Å². The van der Waals surface area contributed by atoms with Crippen LogP contribution in [0.25, 0.3) is 11.0 Å². The number of aryl methyl sites for hydroxylation is 1. The summed E-state index contributed by atoms with van der Waals surface area (Å²) < 4.78 is 2.24. The minimum atomic E-state index is 0.444. The molecule has 0 bridgehead atoms. The van der Waals surface area contributed by atoms with Crippen LogP contribution in [0.1, 0.15) is 51.8 Å². The van der Waals surface area contributed by atoms with Crippen molar-refractivity contribution in [1.29, 1.82) is 0 Å². The van der Waals surface area contributed by atoms with Gasteiger partial charge in [0, 0.05) is 11.6 Å². The maximum absolute atomic E-state index is 6.03. The van der Waals surface area contributed by atoms with Gasteiger partial charge in [0.1, 0.15) is 5.82 Å². The van der Waals surface area contributed by atoms with Gasteiger partial charge in [-0.05, 0) is 30.5 Å². The highest BCUT2D eigenvalue weighted by Gasteiger charge is 2.09. The van der Waals surface area contributed by atoms with Gasteiger partial charge in [-0.3, -0.25) is 0 Å². The molecule has 0 aliphatic heterocycles. The van der Waals surface area contributed by atoms with Crippen LogP contribution in [0.3, 0.4) is 0 Å². The topological polar surface area (TPSA) is 17.8 Å². The molecule has 1 aromatic carbocycles. The number of aromatic nitrogens is 2. The molecule has 116 valence electrons. The fourth-order valence-electron chi connectivity index (χ4n) is 2.68. The third-order valence-electron chi connectivity index (χ3n) is 3.82. The van der Waals surface area contributed by atoms with Crippen LogP contribution >= 0.6 is 23.2 Å². The third-order valence-corrected chi connectivity index (χ3v) is 4.30. The zero-order valence-corrected chi connectivity index (χ0v) is 14.4. The van der Waals surface area contributed by atoms with Gasteiger partial charge >= 0.3 is 0 Å². The molecule has 0 amide bonds. The number of benzene rings is 1. The summed E-state index contributed by atoms with van der Waals surface area (Å²) in [6, 6.07) is 5.87. The van der Waals surface area contributed by atoms with E-state index in [-0.39, 0.29) is 0 Å². The lowest BCUT2D eigenvalue weighted by Crippen LogP contribution is -2.02. The molecule has 0 spiro atoms. The molecule has 4 heteroatoms. The highest BCUT2D eigenvalue weighted by atomic mass is 35.5. The molecule has 0 N–H and O–H groups in total. The summed E-state index contributed by atoms with van der Waals surface area (Å²) in [5.74, 6) is 2.20. The van der Waals surface area contributed by atoms with E-state index in [1.807, 2.05) is 18.2 Å². The molecule has 0 fully saturated rings. The number of hydrogen-bond acceptors (Lipinski definition) is 1. The van der Waals surface area contributed by atoms with Crippen molar-refractivity contribution < 1.29 is 0 Å². The molecule has 1 heterocycles. The Morgan fingerprint density at radius 2 is 1.90 bits per heavy atom. The van der Waals surface area contributed by atoms with Crippen molar-refractivity contribution in [1.82, 2.24) is 9.55 Å². The molecule has 0 aliphatic rings. The molecule has 1 aromatic heterocycles. The van der Waals surface area contributed by atoms with Crippen molar-refractivity contribution in [2.45, 2.75) is 58.4 Å². The molecule has 2 nitrogen and oxygen atoms in total. The summed E-state index contributed by atoms with van der Waals surface area (Å²) in [6.07, 6.45) is 6.42. The second kappa shape index (κ2) is 8.05. The predicted molar refractivity (Wildman–Crippen MR) is 92.2 cm³/mol. The van der Waals surface area contributed by atoms with E-state index < -0.39 is 0 Å². The summed E-state index contributed by atoms with van der Waals surface area (Å²) in [7, 11) is 0. The lowest BCUT2D eigenvalue weighted by atomic mass is 10.0. The van der Waals surface area contributed by atoms with Crippen molar-refractivity contribution in [3.63, 3.8) is 0 Å². The summed E-state index contributed by atoms with van der Waals surface area (Å²) in [4.78, 5) is 4.58. The van der Waals surface area contributed by atoms with Crippen molar-refractivity contribution in [2.75, 3.05) is 0 Å². The van der Waals surface area contributed by atoms with E-state index in [1.165, 1.54) is 32.1 Å². The lowest BCUT2D eigenvalue weighted by Gasteiger charge is -2.08. The normalized spacial score (nSPS) is 11.7. The fraction of sp³-hybridized carbons (Fsp3) is 0.588. The van der Waals surface area contributed by atoms with E-state index >= 15 is 0 Å². The zero-order valence-electron chi connectivity index (χ0n) is 12.9. The molecule has 0 saturated heterocycles. The minimum Gasteiger partial charge on any atom is -0.327 e. The standard InChI is InChI=1S/C17H24Cl2N2/c1-13(2)7-5-3-4-6-10-21-16-9-8-14(19)11-15(16)20-17(21)12-18/h8-9,11,13H,3-7,10,12H2,1-2H3. The van der Waals surface area contributed by atoms with E-state index in [0.717, 1.165) is 34.3 Å². The Morgan fingerprint density at radius 3 is 2.62 bits per heavy atom. The molecule has 2 rings (SSSR count). The van der Waals surface area contributed by atoms with Gasteiger partial charge in [-0.2, -0.15) is 0 Å². The summed E-state index contributed by atoms with van der Waals surface area (Å²) in [5, 5.41) is 0.724.